The first-order valence-electron chi connectivity index (χ1n) is 8.64. The van der Waals surface area contributed by atoms with Crippen LogP contribution in [0.25, 0.3) is 16.6 Å². The molecule has 0 aliphatic carbocycles. The van der Waals surface area contributed by atoms with Gasteiger partial charge in [0.2, 0.25) is 5.88 Å². The second-order valence-corrected chi connectivity index (χ2v) is 6.21. The summed E-state index contributed by atoms with van der Waals surface area (Å²) >= 11 is 0. The molecule has 0 spiro atoms. The van der Waals surface area contributed by atoms with Crippen molar-refractivity contribution in [3.8, 4) is 11.6 Å². The van der Waals surface area contributed by atoms with E-state index in [1.54, 1.807) is 61.5 Å². The summed E-state index contributed by atoms with van der Waals surface area (Å²) in [6.45, 7) is 1.60. The number of fused-ring (bicyclic) bond motifs is 1. The molecule has 0 fully saturated rings. The maximum absolute atomic E-state index is 12.7. The third kappa shape index (κ3) is 3.14. The number of hydrogen-bond donors (Lipinski definition) is 2. The van der Waals surface area contributed by atoms with Crippen LogP contribution in [0.4, 0.5) is 0 Å². The Hall–Kier alpha value is -4.27. The lowest BCUT2D eigenvalue weighted by atomic mass is 10.2. The van der Waals surface area contributed by atoms with Gasteiger partial charge in [0.05, 0.1) is 22.8 Å². The van der Waals surface area contributed by atoms with E-state index in [1.165, 1.54) is 0 Å². The lowest BCUT2D eigenvalue weighted by Crippen LogP contribution is -2.31. The highest BCUT2D eigenvalue weighted by Crippen LogP contribution is 2.15. The quantitative estimate of drug-likeness (QED) is 0.509. The average molecular weight is 389 g/mol. The van der Waals surface area contributed by atoms with E-state index < -0.39 is 22.7 Å². The lowest BCUT2D eigenvalue weighted by molar-refractivity contribution is 0.430. The normalized spacial score (nSPS) is 11.3. The van der Waals surface area contributed by atoms with Gasteiger partial charge in [-0.3, -0.25) is 14.6 Å². The van der Waals surface area contributed by atoms with Crippen molar-refractivity contribution in [1.82, 2.24) is 19.2 Å². The summed E-state index contributed by atoms with van der Waals surface area (Å²) in [6.07, 6.45) is 1.03. The van der Waals surface area contributed by atoms with Crippen molar-refractivity contribution in [2.24, 2.45) is 5.10 Å². The van der Waals surface area contributed by atoms with E-state index in [9.17, 15) is 19.5 Å². The van der Waals surface area contributed by atoms with Gasteiger partial charge in [0, 0.05) is 0 Å². The van der Waals surface area contributed by atoms with E-state index in [0.29, 0.717) is 22.4 Å². The van der Waals surface area contributed by atoms with Crippen LogP contribution in [-0.2, 0) is 0 Å². The smallest absolute Gasteiger partial charge is 0.335 e. The summed E-state index contributed by atoms with van der Waals surface area (Å²) in [5.41, 5.74) is -1.43. The molecule has 2 N–H and O–H groups in total. The molecule has 4 rings (SSSR count). The summed E-state index contributed by atoms with van der Waals surface area (Å²) in [5, 5.41) is 14.9. The van der Waals surface area contributed by atoms with Gasteiger partial charge < -0.3 is 5.11 Å². The SMILES string of the molecule is Cc1nc2ccccc2c(=O)n1N=Cc1c(O)n(-c2ccccc2)c(=O)[nH]c1=O. The molecular formula is C20H15N5O4. The first-order chi connectivity index (χ1) is 14.0. The van der Waals surface area contributed by atoms with E-state index in [-0.39, 0.29) is 5.56 Å². The predicted octanol–water partition coefficient (Wildman–Crippen LogP) is 1.13. The molecule has 0 bridgehead atoms. The van der Waals surface area contributed by atoms with Gasteiger partial charge in [0.1, 0.15) is 11.4 Å². The third-order valence-corrected chi connectivity index (χ3v) is 4.35. The van der Waals surface area contributed by atoms with Crippen molar-refractivity contribution < 1.29 is 5.11 Å². The van der Waals surface area contributed by atoms with Gasteiger partial charge in [-0.15, -0.1) is 0 Å². The molecule has 0 saturated carbocycles. The molecule has 4 aromatic rings. The first-order valence-corrected chi connectivity index (χ1v) is 8.64. The Morgan fingerprint density at radius 3 is 2.48 bits per heavy atom. The Labute approximate surface area is 162 Å². The number of nitrogens with one attached hydrogen (secondary N) is 1. The number of aryl methyl sites for hydroxylation is 1. The molecule has 0 aliphatic heterocycles. The molecule has 144 valence electrons. The highest BCUT2D eigenvalue weighted by atomic mass is 16.3. The first kappa shape index (κ1) is 18.1. The standard InChI is InChI=1S/C20H15N5O4/c1-12-22-16-10-6-5-9-14(16)19(28)25(12)21-11-15-17(26)23-20(29)24(18(15)27)13-7-3-2-4-8-13/h2-11,27H,1H3,(H,23,26,29). The average Bonchev–Trinajstić information content (AvgIpc) is 2.70. The minimum atomic E-state index is -0.831. The van der Waals surface area contributed by atoms with Crippen LogP contribution in [0.5, 0.6) is 5.88 Å². The van der Waals surface area contributed by atoms with Crippen LogP contribution in [0.15, 0.2) is 74.1 Å². The van der Waals surface area contributed by atoms with Gasteiger partial charge in [-0.2, -0.15) is 9.78 Å². The zero-order valence-electron chi connectivity index (χ0n) is 15.2. The molecule has 0 aliphatic rings. The number of aromatic nitrogens is 4. The molecular weight excluding hydrogens is 374 g/mol. The minimum absolute atomic E-state index is 0.270. The summed E-state index contributed by atoms with van der Waals surface area (Å²) in [6, 6.07) is 15.1. The Kier molecular flexibility index (Phi) is 4.40. The molecule has 0 unspecified atom stereocenters. The molecule has 0 saturated heterocycles. The summed E-state index contributed by atoms with van der Waals surface area (Å²) in [4.78, 5) is 43.6. The molecule has 2 aromatic heterocycles. The monoisotopic (exact) mass is 389 g/mol. The van der Waals surface area contributed by atoms with Crippen LogP contribution in [-0.4, -0.2) is 30.5 Å². The third-order valence-electron chi connectivity index (χ3n) is 4.35. The van der Waals surface area contributed by atoms with Gasteiger partial charge in [-0.1, -0.05) is 30.3 Å². The Bertz CT molecular complexity index is 1430. The predicted molar refractivity (Wildman–Crippen MR) is 108 cm³/mol. The van der Waals surface area contributed by atoms with Gasteiger partial charge in [0.15, 0.2) is 0 Å². The number of benzene rings is 2. The fourth-order valence-electron chi connectivity index (χ4n) is 2.96. The summed E-state index contributed by atoms with van der Waals surface area (Å²) in [7, 11) is 0. The zero-order valence-corrected chi connectivity index (χ0v) is 15.2. The van der Waals surface area contributed by atoms with Gasteiger partial charge in [-0.25, -0.2) is 14.3 Å². The van der Waals surface area contributed by atoms with Crippen LogP contribution in [0, 0.1) is 6.92 Å². The Morgan fingerprint density at radius 1 is 1.03 bits per heavy atom. The second kappa shape index (κ2) is 7.04. The Morgan fingerprint density at radius 2 is 1.72 bits per heavy atom. The van der Waals surface area contributed by atoms with Crippen molar-refractivity contribution in [2.45, 2.75) is 6.92 Å². The molecule has 9 heteroatoms. The molecule has 2 heterocycles. The number of para-hydroxylation sites is 2. The Balaban J connectivity index is 1.89. The van der Waals surface area contributed by atoms with Gasteiger partial charge >= 0.3 is 5.69 Å². The van der Waals surface area contributed by atoms with Gasteiger partial charge in [0.25, 0.3) is 11.1 Å². The van der Waals surface area contributed by atoms with Crippen LogP contribution < -0.4 is 16.8 Å². The van der Waals surface area contributed by atoms with Gasteiger partial charge in [-0.05, 0) is 31.2 Å². The van der Waals surface area contributed by atoms with Crippen molar-refractivity contribution in [3.05, 3.63) is 97.2 Å². The highest BCUT2D eigenvalue weighted by Gasteiger charge is 2.14. The van der Waals surface area contributed by atoms with E-state index >= 15 is 0 Å². The fourth-order valence-corrected chi connectivity index (χ4v) is 2.96. The molecule has 2 aromatic carbocycles. The fraction of sp³-hybridized carbons (Fsp3) is 0.0500. The van der Waals surface area contributed by atoms with Crippen molar-refractivity contribution in [3.63, 3.8) is 0 Å². The number of aromatic hydroxyl groups is 1. The minimum Gasteiger partial charge on any atom is -0.493 e. The molecule has 0 atom stereocenters. The van der Waals surface area contributed by atoms with E-state index in [2.05, 4.69) is 15.1 Å². The number of rotatable bonds is 3. The maximum atomic E-state index is 12.7. The number of H-pyrrole nitrogens is 1. The van der Waals surface area contributed by atoms with Crippen molar-refractivity contribution in [2.75, 3.05) is 0 Å². The molecule has 0 amide bonds. The topological polar surface area (TPSA) is 122 Å². The zero-order chi connectivity index (χ0) is 20.5. The number of nitrogens with zero attached hydrogens (tertiary/aromatic N) is 4. The number of aromatic amines is 1. The van der Waals surface area contributed by atoms with Crippen LogP contribution in [0.3, 0.4) is 0 Å². The molecule has 0 radical (unpaired) electrons. The summed E-state index contributed by atoms with van der Waals surface area (Å²) < 4.78 is 1.97. The van der Waals surface area contributed by atoms with E-state index in [0.717, 1.165) is 15.5 Å². The second-order valence-electron chi connectivity index (χ2n) is 6.21. The van der Waals surface area contributed by atoms with Crippen LogP contribution in [0.1, 0.15) is 11.4 Å². The van der Waals surface area contributed by atoms with Crippen molar-refractivity contribution in [1.29, 1.82) is 0 Å². The maximum Gasteiger partial charge on any atom is 0.335 e. The lowest BCUT2D eigenvalue weighted by Gasteiger charge is -2.09. The van der Waals surface area contributed by atoms with Crippen LogP contribution >= 0.6 is 0 Å². The van der Waals surface area contributed by atoms with E-state index in [1.807, 2.05) is 0 Å². The summed E-state index contributed by atoms with van der Waals surface area (Å²) in [5.74, 6) is -0.287. The largest absolute Gasteiger partial charge is 0.493 e. The molecule has 29 heavy (non-hydrogen) atoms. The van der Waals surface area contributed by atoms with Crippen LogP contribution in [0.2, 0.25) is 0 Å². The number of hydrogen-bond acceptors (Lipinski definition) is 6. The molecule has 9 nitrogen and oxygen atoms in total. The van der Waals surface area contributed by atoms with E-state index in [4.69, 9.17) is 0 Å². The highest BCUT2D eigenvalue weighted by molar-refractivity contribution is 5.82. The van der Waals surface area contributed by atoms with Crippen molar-refractivity contribution >= 4 is 17.1 Å².